The van der Waals surface area contributed by atoms with Gasteiger partial charge < -0.3 is 20.3 Å². The molecule has 2 aliphatic rings. The van der Waals surface area contributed by atoms with E-state index in [1.54, 1.807) is 31.4 Å². The molecule has 6 unspecified atom stereocenters. The van der Waals surface area contributed by atoms with Crippen molar-refractivity contribution in [1.82, 2.24) is 10.3 Å². The first-order valence-corrected chi connectivity index (χ1v) is 15.0. The van der Waals surface area contributed by atoms with Gasteiger partial charge in [-0.2, -0.15) is 0 Å². The zero-order valence-electron chi connectivity index (χ0n) is 24.0. The van der Waals surface area contributed by atoms with E-state index in [1.807, 2.05) is 44.2 Å². The molecular formula is C32H39N3O5S. The number of ether oxygens (including phenoxy) is 1. The molecule has 6 atom stereocenters. The molecule has 0 bridgehead atoms. The molecule has 0 spiro atoms. The molecule has 3 aromatic rings. The summed E-state index contributed by atoms with van der Waals surface area (Å²) in [6, 6.07) is 16.6. The van der Waals surface area contributed by atoms with Crippen LogP contribution in [0.4, 0.5) is 5.13 Å². The van der Waals surface area contributed by atoms with E-state index in [9.17, 15) is 19.8 Å². The van der Waals surface area contributed by atoms with Gasteiger partial charge in [0.15, 0.2) is 5.13 Å². The maximum absolute atomic E-state index is 13.5. The van der Waals surface area contributed by atoms with Crippen molar-refractivity contribution in [2.24, 2.45) is 16.7 Å². The second-order valence-electron chi connectivity index (χ2n) is 11.9. The molecule has 0 saturated heterocycles. The first-order valence-electron chi connectivity index (χ1n) is 14.2. The Morgan fingerprint density at radius 1 is 1.15 bits per heavy atom. The van der Waals surface area contributed by atoms with E-state index < -0.39 is 11.5 Å². The van der Waals surface area contributed by atoms with Crippen molar-refractivity contribution < 1.29 is 24.5 Å². The minimum Gasteiger partial charge on any atom is -0.497 e. The van der Waals surface area contributed by atoms with Crippen LogP contribution < -0.4 is 15.4 Å². The third kappa shape index (κ3) is 5.50. The number of carbonyl (C=O) groups is 2. The summed E-state index contributed by atoms with van der Waals surface area (Å²) in [5, 5.41) is 28.1. The highest BCUT2D eigenvalue weighted by Gasteiger charge is 2.59. The average Bonchev–Trinajstić information content (AvgIpc) is 3.38. The topological polar surface area (TPSA) is 121 Å². The van der Waals surface area contributed by atoms with Crippen LogP contribution in [-0.2, 0) is 11.2 Å². The van der Waals surface area contributed by atoms with Gasteiger partial charge in [-0.3, -0.25) is 14.9 Å². The van der Waals surface area contributed by atoms with Crippen LogP contribution in [0.5, 0.6) is 5.75 Å². The van der Waals surface area contributed by atoms with Gasteiger partial charge in [0, 0.05) is 28.2 Å². The van der Waals surface area contributed by atoms with Crippen LogP contribution >= 0.6 is 11.3 Å². The first kappa shape index (κ1) is 29.2. The van der Waals surface area contributed by atoms with Gasteiger partial charge in [-0.25, -0.2) is 4.98 Å². The largest absolute Gasteiger partial charge is 0.497 e. The average molecular weight is 578 g/mol. The number of hydrogen-bond donors (Lipinski definition) is 4. The van der Waals surface area contributed by atoms with Crippen LogP contribution in [0.15, 0.2) is 54.6 Å². The number of anilines is 1. The van der Waals surface area contributed by atoms with Crippen molar-refractivity contribution in [2.75, 3.05) is 19.0 Å². The number of thiazole rings is 1. The Hall–Kier alpha value is -3.27. The molecule has 1 saturated carbocycles. The molecule has 0 radical (unpaired) electrons. The molecule has 1 aromatic heterocycles. The molecule has 2 aromatic carbocycles. The molecule has 2 aliphatic carbocycles. The fourth-order valence-electron chi connectivity index (χ4n) is 6.92. The summed E-state index contributed by atoms with van der Waals surface area (Å²) in [5.41, 5.74) is 1.26. The number of fused-ring (bicyclic) bond motifs is 2. The molecule has 8 nitrogen and oxygen atoms in total. The number of nitrogens with zero attached hydrogens (tertiary/aromatic N) is 1. The minimum atomic E-state index is -0.715. The van der Waals surface area contributed by atoms with Gasteiger partial charge in [0.25, 0.3) is 5.91 Å². The number of aliphatic hydroxyl groups is 2. The monoisotopic (exact) mass is 577 g/mol. The van der Waals surface area contributed by atoms with Crippen molar-refractivity contribution >= 4 is 28.3 Å². The van der Waals surface area contributed by atoms with Crippen LogP contribution in [0, 0.1) is 16.7 Å². The Kier molecular flexibility index (Phi) is 8.23. The van der Waals surface area contributed by atoms with E-state index in [0.717, 1.165) is 16.1 Å². The van der Waals surface area contributed by atoms with Crippen molar-refractivity contribution in [3.8, 4) is 5.75 Å². The number of hydrogen-bond acceptors (Lipinski definition) is 7. The second-order valence-corrected chi connectivity index (χ2v) is 13.0. The van der Waals surface area contributed by atoms with E-state index >= 15 is 0 Å². The third-order valence-corrected chi connectivity index (χ3v) is 10.5. The van der Waals surface area contributed by atoms with Gasteiger partial charge in [-0.05, 0) is 67.3 Å². The van der Waals surface area contributed by atoms with Gasteiger partial charge >= 0.3 is 0 Å². The molecule has 1 fully saturated rings. The molecule has 0 aliphatic heterocycles. The van der Waals surface area contributed by atoms with Gasteiger partial charge in [-0.15, -0.1) is 11.3 Å². The summed E-state index contributed by atoms with van der Waals surface area (Å²) in [6.45, 7) is 5.95. The van der Waals surface area contributed by atoms with E-state index in [4.69, 9.17) is 9.72 Å². The lowest BCUT2D eigenvalue weighted by atomic mass is 9.47. The Balaban J connectivity index is 1.45. The van der Waals surface area contributed by atoms with Gasteiger partial charge in [0.1, 0.15) is 5.75 Å². The van der Waals surface area contributed by atoms with E-state index in [0.29, 0.717) is 35.7 Å². The molecule has 4 N–H and O–H groups in total. The second kappa shape index (κ2) is 11.5. The maximum Gasteiger partial charge on any atom is 0.257 e. The molecule has 5 rings (SSSR count). The van der Waals surface area contributed by atoms with Crippen molar-refractivity contribution in [3.05, 3.63) is 76.3 Å². The molecule has 41 heavy (non-hydrogen) atoms. The Labute approximate surface area is 245 Å². The van der Waals surface area contributed by atoms with Crippen LogP contribution in [0.2, 0.25) is 0 Å². The van der Waals surface area contributed by atoms with E-state index in [1.165, 1.54) is 11.3 Å². The van der Waals surface area contributed by atoms with Crippen LogP contribution in [-0.4, -0.2) is 46.8 Å². The van der Waals surface area contributed by atoms with Crippen LogP contribution in [0.3, 0.4) is 0 Å². The molecule has 218 valence electrons. The third-order valence-electron chi connectivity index (χ3n) is 9.53. The Morgan fingerprint density at radius 3 is 2.51 bits per heavy atom. The SMILES string of the molecule is COc1ccc(C(=O)Nc2nc3c(s2)CC2C(C)(CO)C(O)CCC2(C)C3CC(=O)NC(C)c2ccccc2)cc1. The summed E-state index contributed by atoms with van der Waals surface area (Å²) in [7, 11) is 1.58. The fourth-order valence-corrected chi connectivity index (χ4v) is 7.99. The van der Waals surface area contributed by atoms with Crippen molar-refractivity contribution in [1.29, 1.82) is 0 Å². The highest BCUT2D eigenvalue weighted by atomic mass is 32.1. The summed E-state index contributed by atoms with van der Waals surface area (Å²) in [6.07, 6.45) is 1.47. The first-order chi connectivity index (χ1) is 19.6. The quantitative estimate of drug-likeness (QED) is 0.296. The lowest BCUT2D eigenvalue weighted by molar-refractivity contribution is -0.144. The standard InChI is InChI=1S/C32H39N3O5S/c1-19(20-8-6-5-7-9-20)33-27(38)16-23-28-24(17-25-31(23,2)15-14-26(37)32(25,3)18-36)41-30(34-28)35-29(39)21-10-12-22(40-4)13-11-21/h5-13,19,23,25-26,36-37H,14-18H2,1-4H3,(H,33,38)(H,34,35,39). The lowest BCUT2D eigenvalue weighted by Crippen LogP contribution is -2.57. The normalized spacial score (nSPS) is 27.7. The van der Waals surface area contributed by atoms with Crippen molar-refractivity contribution in [2.45, 2.75) is 64.5 Å². The number of carbonyl (C=O) groups excluding carboxylic acids is 2. The fraction of sp³-hybridized carbons (Fsp3) is 0.469. The number of amides is 2. The van der Waals surface area contributed by atoms with Crippen LogP contribution in [0.1, 0.15) is 78.5 Å². The van der Waals surface area contributed by atoms with Crippen molar-refractivity contribution in [3.63, 3.8) is 0 Å². The minimum absolute atomic E-state index is 0.0637. The summed E-state index contributed by atoms with van der Waals surface area (Å²) in [5.74, 6) is 0.0161. The molecule has 9 heteroatoms. The predicted molar refractivity (Wildman–Crippen MR) is 159 cm³/mol. The van der Waals surface area contributed by atoms with Gasteiger partial charge in [-0.1, -0.05) is 44.2 Å². The number of aromatic nitrogens is 1. The molecule has 1 heterocycles. The van der Waals surface area contributed by atoms with Gasteiger partial charge in [0.05, 0.1) is 31.6 Å². The number of methoxy groups -OCH3 is 1. The smallest absolute Gasteiger partial charge is 0.257 e. The molecule has 2 amide bonds. The van der Waals surface area contributed by atoms with Crippen LogP contribution in [0.25, 0.3) is 0 Å². The van der Waals surface area contributed by atoms with E-state index in [-0.39, 0.29) is 48.1 Å². The maximum atomic E-state index is 13.5. The summed E-state index contributed by atoms with van der Waals surface area (Å²) in [4.78, 5) is 32.5. The predicted octanol–water partition coefficient (Wildman–Crippen LogP) is 5.09. The van der Waals surface area contributed by atoms with E-state index in [2.05, 4.69) is 17.6 Å². The number of benzene rings is 2. The highest BCUT2D eigenvalue weighted by molar-refractivity contribution is 7.15. The molecular weight excluding hydrogens is 538 g/mol. The summed E-state index contributed by atoms with van der Waals surface area (Å²) < 4.78 is 5.19. The van der Waals surface area contributed by atoms with Gasteiger partial charge in [0.2, 0.25) is 5.91 Å². The summed E-state index contributed by atoms with van der Waals surface area (Å²) >= 11 is 1.41. The Bertz CT molecular complexity index is 1390. The highest BCUT2D eigenvalue weighted by Crippen LogP contribution is 2.62. The zero-order valence-corrected chi connectivity index (χ0v) is 24.8. The Morgan fingerprint density at radius 2 is 1.85 bits per heavy atom. The lowest BCUT2D eigenvalue weighted by Gasteiger charge is -2.58. The number of aliphatic hydroxyl groups excluding tert-OH is 2. The number of rotatable bonds is 8. The zero-order chi connectivity index (χ0) is 29.4. The number of nitrogens with one attached hydrogen (secondary N) is 2.